The highest BCUT2D eigenvalue weighted by Crippen LogP contribution is 2.23. The second-order valence-corrected chi connectivity index (χ2v) is 6.38. The summed E-state index contributed by atoms with van der Waals surface area (Å²) in [5, 5.41) is 8.81. The van der Waals surface area contributed by atoms with Crippen LogP contribution in [0.1, 0.15) is 24.2 Å². The molecule has 1 atom stereocenters. The highest BCUT2D eigenvalue weighted by Gasteiger charge is 2.19. The van der Waals surface area contributed by atoms with Crippen LogP contribution in [0, 0.1) is 0 Å². The van der Waals surface area contributed by atoms with E-state index < -0.39 is 22.8 Å². The fourth-order valence-electron chi connectivity index (χ4n) is 2.34. The zero-order valence-corrected chi connectivity index (χ0v) is 14.8. The molecule has 0 fully saturated rings. The molecular formula is C17H20N2O5S. The lowest BCUT2D eigenvalue weighted by atomic mass is 10.1. The van der Waals surface area contributed by atoms with Crippen LogP contribution in [-0.4, -0.2) is 41.1 Å². The van der Waals surface area contributed by atoms with Crippen LogP contribution in [0.25, 0.3) is 11.0 Å². The molecule has 1 aromatic heterocycles. The molecule has 134 valence electrons. The molecule has 8 heteroatoms. The number of rotatable bonds is 7. The molecule has 2 rings (SSSR count). The normalized spacial score (nSPS) is 12.1. The Morgan fingerprint density at radius 1 is 1.28 bits per heavy atom. The number of hydrogen-bond donors (Lipinski definition) is 2. The quantitative estimate of drug-likeness (QED) is 0.716. The Morgan fingerprint density at radius 3 is 2.56 bits per heavy atom. The zero-order valence-electron chi connectivity index (χ0n) is 14.0. The minimum absolute atomic E-state index is 0.119. The van der Waals surface area contributed by atoms with Crippen molar-refractivity contribution in [3.8, 4) is 0 Å². The summed E-state index contributed by atoms with van der Waals surface area (Å²) in [6.45, 7) is 5.71. The van der Waals surface area contributed by atoms with Gasteiger partial charge in [-0.1, -0.05) is 11.8 Å². The lowest BCUT2D eigenvalue weighted by Crippen LogP contribution is -2.33. The van der Waals surface area contributed by atoms with Crippen LogP contribution in [0.3, 0.4) is 0 Å². The number of carbonyl (C=O) groups excluding carboxylic acids is 1. The van der Waals surface area contributed by atoms with Gasteiger partial charge >= 0.3 is 11.6 Å². The molecule has 0 saturated carbocycles. The summed E-state index contributed by atoms with van der Waals surface area (Å²) < 4.78 is 5.28. The second kappa shape index (κ2) is 8.17. The molecule has 3 N–H and O–H groups in total. The van der Waals surface area contributed by atoms with Crippen molar-refractivity contribution in [1.29, 1.82) is 0 Å². The first-order chi connectivity index (χ1) is 11.9. The molecule has 7 nitrogen and oxygen atoms in total. The number of carboxylic acids is 1. The van der Waals surface area contributed by atoms with E-state index in [1.165, 1.54) is 6.07 Å². The molecule has 0 saturated heterocycles. The molecule has 0 unspecified atom stereocenters. The SMILES string of the molecule is CCN(CC)c1ccc2cc(C(=O)SC[C@H](N)C(=O)O)c(=O)oc2c1. The Hall–Kier alpha value is -2.32. The van der Waals surface area contributed by atoms with Gasteiger partial charge in [0.2, 0.25) is 5.12 Å². The molecule has 0 spiro atoms. The van der Waals surface area contributed by atoms with Gasteiger partial charge in [0.1, 0.15) is 17.2 Å². The largest absolute Gasteiger partial charge is 0.480 e. The lowest BCUT2D eigenvalue weighted by molar-refractivity contribution is -0.137. The van der Waals surface area contributed by atoms with Crippen molar-refractivity contribution in [2.75, 3.05) is 23.7 Å². The Morgan fingerprint density at radius 2 is 1.96 bits per heavy atom. The van der Waals surface area contributed by atoms with Crippen molar-refractivity contribution in [1.82, 2.24) is 0 Å². The first kappa shape index (κ1) is 19.0. The van der Waals surface area contributed by atoms with Gasteiger partial charge in [-0.15, -0.1) is 0 Å². The molecule has 0 radical (unpaired) electrons. The first-order valence-corrected chi connectivity index (χ1v) is 8.84. The maximum Gasteiger partial charge on any atom is 0.348 e. The van der Waals surface area contributed by atoms with E-state index in [0.29, 0.717) is 22.7 Å². The fourth-order valence-corrected chi connectivity index (χ4v) is 3.11. The van der Waals surface area contributed by atoms with Crippen LogP contribution in [-0.2, 0) is 4.79 Å². The van der Waals surface area contributed by atoms with Crippen LogP contribution >= 0.6 is 11.8 Å². The third-order valence-electron chi connectivity index (χ3n) is 3.78. The molecule has 25 heavy (non-hydrogen) atoms. The number of benzene rings is 1. The molecule has 0 aliphatic carbocycles. The number of carbonyl (C=O) groups is 2. The second-order valence-electron chi connectivity index (χ2n) is 5.39. The summed E-state index contributed by atoms with van der Waals surface area (Å²) >= 11 is 0.691. The van der Waals surface area contributed by atoms with E-state index in [4.69, 9.17) is 15.3 Å². The number of thioether (sulfide) groups is 1. The van der Waals surface area contributed by atoms with Crippen molar-refractivity contribution in [2.45, 2.75) is 19.9 Å². The lowest BCUT2D eigenvalue weighted by Gasteiger charge is -2.20. The van der Waals surface area contributed by atoms with E-state index in [9.17, 15) is 14.4 Å². The van der Waals surface area contributed by atoms with E-state index >= 15 is 0 Å². The molecule has 0 aliphatic rings. The summed E-state index contributed by atoms with van der Waals surface area (Å²) in [6, 6.07) is 5.76. The number of fused-ring (bicyclic) bond motifs is 1. The molecule has 1 heterocycles. The number of carboxylic acid groups (broad SMARTS) is 1. The van der Waals surface area contributed by atoms with Gasteiger partial charge in [0, 0.05) is 36.0 Å². The smallest absolute Gasteiger partial charge is 0.348 e. The highest BCUT2D eigenvalue weighted by molar-refractivity contribution is 8.14. The van der Waals surface area contributed by atoms with E-state index in [2.05, 4.69) is 4.90 Å². The van der Waals surface area contributed by atoms with Crippen LogP contribution in [0.5, 0.6) is 0 Å². The van der Waals surface area contributed by atoms with Gasteiger partial charge < -0.3 is 20.2 Å². The topological polar surface area (TPSA) is 114 Å². The molecular weight excluding hydrogens is 344 g/mol. The van der Waals surface area contributed by atoms with Crippen LogP contribution in [0.2, 0.25) is 0 Å². The van der Waals surface area contributed by atoms with Crippen molar-refractivity contribution in [2.24, 2.45) is 5.73 Å². The zero-order chi connectivity index (χ0) is 18.6. The molecule has 0 bridgehead atoms. The van der Waals surface area contributed by atoms with E-state index in [1.54, 1.807) is 12.1 Å². The number of nitrogens with zero attached hydrogens (tertiary/aromatic N) is 1. The standard InChI is InChI=1S/C17H20N2O5S/c1-3-19(4-2)11-6-5-10-7-12(16(22)24-14(10)8-11)17(23)25-9-13(18)15(20)21/h5-8,13H,3-4,9,18H2,1-2H3,(H,20,21)/t13-/m0/s1. The van der Waals surface area contributed by atoms with Crippen molar-refractivity contribution < 1.29 is 19.1 Å². The average molecular weight is 364 g/mol. The van der Waals surface area contributed by atoms with Crippen molar-refractivity contribution in [3.05, 3.63) is 40.2 Å². The Kier molecular flexibility index (Phi) is 6.22. The number of anilines is 1. The monoisotopic (exact) mass is 364 g/mol. The van der Waals surface area contributed by atoms with Gasteiger partial charge in [0.15, 0.2) is 0 Å². The van der Waals surface area contributed by atoms with Gasteiger partial charge in [0.05, 0.1) is 0 Å². The minimum atomic E-state index is -1.20. The minimum Gasteiger partial charge on any atom is -0.480 e. The van der Waals surface area contributed by atoms with Gasteiger partial charge in [-0.3, -0.25) is 9.59 Å². The predicted octanol–water partition coefficient (Wildman–Crippen LogP) is 1.92. The highest BCUT2D eigenvalue weighted by atomic mass is 32.2. The van der Waals surface area contributed by atoms with E-state index in [0.717, 1.165) is 18.8 Å². The molecule has 1 aromatic carbocycles. The van der Waals surface area contributed by atoms with Crippen LogP contribution in [0.4, 0.5) is 5.69 Å². The third-order valence-corrected chi connectivity index (χ3v) is 4.79. The van der Waals surface area contributed by atoms with Gasteiger partial charge in [-0.05, 0) is 32.0 Å². The van der Waals surface area contributed by atoms with Gasteiger partial charge in [-0.25, -0.2) is 4.79 Å². The number of nitrogens with two attached hydrogens (primary N) is 1. The third kappa shape index (κ3) is 4.40. The Labute approximate surface area is 148 Å². The Bertz CT molecular complexity index is 845. The fraction of sp³-hybridized carbons (Fsp3) is 0.353. The van der Waals surface area contributed by atoms with E-state index in [1.807, 2.05) is 19.9 Å². The maximum atomic E-state index is 12.2. The molecule has 0 amide bonds. The van der Waals surface area contributed by atoms with Crippen LogP contribution in [0.15, 0.2) is 33.5 Å². The summed E-state index contributed by atoms with van der Waals surface area (Å²) in [7, 11) is 0. The summed E-state index contributed by atoms with van der Waals surface area (Å²) in [4.78, 5) is 37.1. The van der Waals surface area contributed by atoms with Crippen molar-refractivity contribution in [3.63, 3.8) is 0 Å². The van der Waals surface area contributed by atoms with Crippen LogP contribution < -0.4 is 16.3 Å². The Balaban J connectivity index is 2.30. The van der Waals surface area contributed by atoms with E-state index in [-0.39, 0.29) is 11.3 Å². The summed E-state index contributed by atoms with van der Waals surface area (Å²) in [5.74, 6) is -1.32. The molecule has 0 aliphatic heterocycles. The average Bonchev–Trinajstić information content (AvgIpc) is 2.59. The van der Waals surface area contributed by atoms with Crippen molar-refractivity contribution >= 4 is 39.5 Å². The number of aliphatic carboxylic acids is 1. The predicted molar refractivity (Wildman–Crippen MR) is 98.4 cm³/mol. The summed E-state index contributed by atoms with van der Waals surface area (Å²) in [6.07, 6.45) is 0. The molecule has 2 aromatic rings. The van der Waals surface area contributed by atoms with Gasteiger partial charge in [-0.2, -0.15) is 0 Å². The summed E-state index contributed by atoms with van der Waals surface area (Å²) in [5.41, 5.74) is 5.83. The van der Waals surface area contributed by atoms with Gasteiger partial charge in [0.25, 0.3) is 0 Å². The number of hydrogen-bond acceptors (Lipinski definition) is 7. The maximum absolute atomic E-state index is 12.2. The first-order valence-electron chi connectivity index (χ1n) is 7.85.